The van der Waals surface area contributed by atoms with E-state index < -0.39 is 0 Å². The van der Waals surface area contributed by atoms with Gasteiger partial charge in [-0.25, -0.2) is 0 Å². The van der Waals surface area contributed by atoms with Crippen molar-refractivity contribution in [2.24, 2.45) is 0 Å². The van der Waals surface area contributed by atoms with Gasteiger partial charge in [0.25, 0.3) is 0 Å². The van der Waals surface area contributed by atoms with Crippen molar-refractivity contribution in [1.82, 2.24) is 15.1 Å². The minimum Gasteiger partial charge on any atom is -0.468 e. The number of ether oxygens (including phenoxy) is 1. The Kier molecular flexibility index (Phi) is 7.34. The molecule has 1 rings (SSSR count). The van der Waals surface area contributed by atoms with Crippen molar-refractivity contribution in [1.29, 1.82) is 0 Å². The van der Waals surface area contributed by atoms with Gasteiger partial charge in [-0.3, -0.25) is 4.79 Å². The monoisotopic (exact) mass is 271 g/mol. The number of nitrogens with one attached hydrogen (secondary N) is 1. The summed E-state index contributed by atoms with van der Waals surface area (Å²) in [6, 6.07) is 0.459. The Labute approximate surface area is 117 Å². The van der Waals surface area contributed by atoms with E-state index in [1.165, 1.54) is 33.0 Å². The number of likely N-dealkylation sites (tertiary alicyclic amines) is 1. The highest BCUT2D eigenvalue weighted by atomic mass is 16.5. The average Bonchev–Trinajstić information content (AvgIpc) is 2.47. The van der Waals surface area contributed by atoms with Crippen LogP contribution in [-0.4, -0.2) is 75.2 Å². The summed E-state index contributed by atoms with van der Waals surface area (Å²) in [5, 5.41) is 3.02. The van der Waals surface area contributed by atoms with Crippen molar-refractivity contribution in [2.75, 3.05) is 47.4 Å². The lowest BCUT2D eigenvalue weighted by Gasteiger charge is -2.36. The first-order valence-corrected chi connectivity index (χ1v) is 7.30. The second-order valence-electron chi connectivity index (χ2n) is 5.30. The topological polar surface area (TPSA) is 44.8 Å². The summed E-state index contributed by atoms with van der Waals surface area (Å²) in [5.41, 5.74) is 0. The molecule has 1 heterocycles. The van der Waals surface area contributed by atoms with E-state index in [1.54, 1.807) is 7.05 Å². The fraction of sp³-hybridized carbons (Fsp3) is 0.929. The van der Waals surface area contributed by atoms with Crippen LogP contribution < -0.4 is 5.32 Å². The number of methoxy groups -OCH3 is 1. The minimum atomic E-state index is -0.191. The quantitative estimate of drug-likeness (QED) is 0.685. The molecule has 112 valence electrons. The minimum absolute atomic E-state index is 0.170. The van der Waals surface area contributed by atoms with Crippen LogP contribution >= 0.6 is 0 Å². The van der Waals surface area contributed by atoms with Gasteiger partial charge < -0.3 is 19.9 Å². The van der Waals surface area contributed by atoms with E-state index in [0.29, 0.717) is 6.04 Å². The average molecular weight is 271 g/mol. The Morgan fingerprint density at radius 3 is 2.58 bits per heavy atom. The van der Waals surface area contributed by atoms with E-state index >= 15 is 0 Å². The number of nitrogens with zero attached hydrogens (tertiary/aromatic N) is 2. The zero-order valence-electron chi connectivity index (χ0n) is 12.8. The molecule has 0 saturated carbocycles. The summed E-state index contributed by atoms with van der Waals surface area (Å²) in [6.07, 6.45) is 3.26. The van der Waals surface area contributed by atoms with Gasteiger partial charge in [-0.05, 0) is 53.0 Å². The molecule has 1 N–H and O–H groups in total. The summed E-state index contributed by atoms with van der Waals surface area (Å²) in [5.74, 6) is -0.170. The Bertz CT molecular complexity index is 265. The van der Waals surface area contributed by atoms with E-state index in [9.17, 15) is 4.79 Å². The summed E-state index contributed by atoms with van der Waals surface area (Å²) in [7, 11) is 5.41. The van der Waals surface area contributed by atoms with Crippen LogP contribution in [0.3, 0.4) is 0 Å². The van der Waals surface area contributed by atoms with Gasteiger partial charge in [0.2, 0.25) is 0 Å². The Hall–Kier alpha value is -0.650. The largest absolute Gasteiger partial charge is 0.468 e. The van der Waals surface area contributed by atoms with Crippen molar-refractivity contribution in [3.05, 3.63) is 0 Å². The Morgan fingerprint density at radius 1 is 1.47 bits per heavy atom. The summed E-state index contributed by atoms with van der Waals surface area (Å²) < 4.78 is 4.78. The highest BCUT2D eigenvalue weighted by molar-refractivity contribution is 5.75. The Balaban J connectivity index is 2.30. The number of carbonyl (C=O) groups excluding carboxylic acids is 1. The van der Waals surface area contributed by atoms with E-state index in [2.05, 4.69) is 29.1 Å². The molecule has 5 heteroatoms. The maximum absolute atomic E-state index is 11.5. The SMILES string of the molecule is CCN1CCC(N(C)CCC(NC)C(=O)OC)CC1. The van der Waals surface area contributed by atoms with E-state index in [0.717, 1.165) is 19.5 Å². The number of hydrogen-bond acceptors (Lipinski definition) is 5. The van der Waals surface area contributed by atoms with Crippen LogP contribution in [0.1, 0.15) is 26.2 Å². The third-order valence-electron chi connectivity index (χ3n) is 4.23. The molecule has 1 saturated heterocycles. The van der Waals surface area contributed by atoms with Gasteiger partial charge in [-0.2, -0.15) is 0 Å². The second kappa shape index (κ2) is 8.51. The van der Waals surface area contributed by atoms with Crippen molar-refractivity contribution < 1.29 is 9.53 Å². The van der Waals surface area contributed by atoms with Crippen LogP contribution in [-0.2, 0) is 9.53 Å². The summed E-state index contributed by atoms with van der Waals surface area (Å²) in [4.78, 5) is 16.4. The molecule has 1 aliphatic heterocycles. The van der Waals surface area contributed by atoms with Crippen LogP contribution in [0.25, 0.3) is 0 Å². The van der Waals surface area contributed by atoms with Gasteiger partial charge in [-0.1, -0.05) is 6.92 Å². The van der Waals surface area contributed by atoms with Gasteiger partial charge in [0, 0.05) is 12.6 Å². The molecule has 0 aromatic rings. The first-order valence-electron chi connectivity index (χ1n) is 7.30. The predicted octanol–water partition coefficient (Wildman–Crippen LogP) is 0.554. The van der Waals surface area contributed by atoms with Crippen LogP contribution in [0.4, 0.5) is 0 Å². The van der Waals surface area contributed by atoms with Crippen molar-refractivity contribution >= 4 is 5.97 Å². The maximum atomic E-state index is 11.5. The number of rotatable bonds is 7. The number of esters is 1. The lowest BCUT2D eigenvalue weighted by molar-refractivity contribution is -0.143. The van der Waals surface area contributed by atoms with Gasteiger partial charge in [-0.15, -0.1) is 0 Å². The van der Waals surface area contributed by atoms with E-state index in [-0.39, 0.29) is 12.0 Å². The zero-order valence-corrected chi connectivity index (χ0v) is 12.8. The molecule has 0 aliphatic carbocycles. The fourth-order valence-electron chi connectivity index (χ4n) is 2.71. The molecule has 5 nitrogen and oxygen atoms in total. The molecule has 1 unspecified atom stereocenters. The highest BCUT2D eigenvalue weighted by Crippen LogP contribution is 2.15. The third-order valence-corrected chi connectivity index (χ3v) is 4.23. The smallest absolute Gasteiger partial charge is 0.322 e. The van der Waals surface area contributed by atoms with E-state index in [4.69, 9.17) is 4.74 Å². The molecule has 1 fully saturated rings. The first kappa shape index (κ1) is 16.4. The molecular weight excluding hydrogens is 242 g/mol. The molecule has 1 atom stereocenters. The standard InChI is InChI=1S/C14H29N3O2/c1-5-17-10-6-12(7-11-17)16(3)9-8-13(15-2)14(18)19-4/h12-13,15H,5-11H2,1-4H3. The van der Waals surface area contributed by atoms with Gasteiger partial charge in [0.05, 0.1) is 7.11 Å². The predicted molar refractivity (Wildman–Crippen MR) is 77.2 cm³/mol. The van der Waals surface area contributed by atoms with Crippen LogP contribution in [0.5, 0.6) is 0 Å². The number of piperidine rings is 1. The number of carbonyl (C=O) groups is 1. The van der Waals surface area contributed by atoms with Crippen molar-refractivity contribution in [3.8, 4) is 0 Å². The Morgan fingerprint density at radius 2 is 2.11 bits per heavy atom. The lowest BCUT2D eigenvalue weighted by atomic mass is 10.0. The zero-order chi connectivity index (χ0) is 14.3. The second-order valence-corrected chi connectivity index (χ2v) is 5.30. The molecule has 0 spiro atoms. The van der Waals surface area contributed by atoms with Gasteiger partial charge in [0.15, 0.2) is 0 Å². The molecule has 0 aromatic heterocycles. The van der Waals surface area contributed by atoms with Crippen LogP contribution in [0.15, 0.2) is 0 Å². The molecule has 0 bridgehead atoms. The maximum Gasteiger partial charge on any atom is 0.322 e. The van der Waals surface area contributed by atoms with Crippen molar-refractivity contribution in [3.63, 3.8) is 0 Å². The molecule has 19 heavy (non-hydrogen) atoms. The van der Waals surface area contributed by atoms with Gasteiger partial charge >= 0.3 is 5.97 Å². The van der Waals surface area contributed by atoms with E-state index in [1.807, 2.05) is 0 Å². The number of hydrogen-bond donors (Lipinski definition) is 1. The summed E-state index contributed by atoms with van der Waals surface area (Å²) in [6.45, 7) is 6.69. The normalized spacial score (nSPS) is 19.6. The lowest BCUT2D eigenvalue weighted by Crippen LogP contribution is -2.45. The summed E-state index contributed by atoms with van der Waals surface area (Å²) >= 11 is 0. The van der Waals surface area contributed by atoms with Crippen LogP contribution in [0.2, 0.25) is 0 Å². The number of likely N-dealkylation sites (N-methyl/N-ethyl adjacent to an activating group) is 1. The first-order chi connectivity index (χ1) is 9.12. The molecule has 0 aromatic carbocycles. The molecule has 0 amide bonds. The van der Waals surface area contributed by atoms with Crippen LogP contribution in [0, 0.1) is 0 Å². The van der Waals surface area contributed by atoms with Crippen molar-refractivity contribution in [2.45, 2.75) is 38.3 Å². The molecule has 0 radical (unpaired) electrons. The molecular formula is C14H29N3O2. The third kappa shape index (κ3) is 5.09. The fourth-order valence-corrected chi connectivity index (χ4v) is 2.71. The molecule has 1 aliphatic rings. The van der Waals surface area contributed by atoms with Gasteiger partial charge in [0.1, 0.15) is 6.04 Å². The highest BCUT2D eigenvalue weighted by Gasteiger charge is 2.23.